The van der Waals surface area contributed by atoms with Crippen LogP contribution in [0.2, 0.25) is 0 Å². The summed E-state index contributed by atoms with van der Waals surface area (Å²) >= 11 is 0. The van der Waals surface area contributed by atoms with E-state index in [1.165, 1.54) is 5.56 Å². The summed E-state index contributed by atoms with van der Waals surface area (Å²) in [6.45, 7) is 4.95. The number of aryl methyl sites for hydroxylation is 3. The Morgan fingerprint density at radius 3 is 2.59 bits per heavy atom. The van der Waals surface area contributed by atoms with Crippen molar-refractivity contribution in [3.8, 4) is 5.75 Å². The highest BCUT2D eigenvalue weighted by molar-refractivity contribution is 5.94. The van der Waals surface area contributed by atoms with Gasteiger partial charge in [-0.2, -0.15) is 5.10 Å². The quantitative estimate of drug-likeness (QED) is 0.695. The van der Waals surface area contributed by atoms with Gasteiger partial charge in [0.05, 0.1) is 5.69 Å². The average Bonchev–Trinajstić information content (AvgIpc) is 3.02. The van der Waals surface area contributed by atoms with E-state index in [-0.39, 0.29) is 5.91 Å². The highest BCUT2D eigenvalue weighted by Gasteiger charge is 2.09. The van der Waals surface area contributed by atoms with Gasteiger partial charge in [-0.25, -0.2) is 0 Å². The first kappa shape index (κ1) is 18.7. The van der Waals surface area contributed by atoms with Gasteiger partial charge in [-0.15, -0.1) is 0 Å². The lowest BCUT2D eigenvalue weighted by Crippen LogP contribution is -2.23. The fourth-order valence-corrected chi connectivity index (χ4v) is 2.89. The summed E-state index contributed by atoms with van der Waals surface area (Å²) in [7, 11) is 1.87. The van der Waals surface area contributed by atoms with E-state index in [1.807, 2.05) is 56.6 Å². The second-order valence-corrected chi connectivity index (χ2v) is 6.58. The Hall–Kier alpha value is -3.08. The minimum Gasteiger partial charge on any atom is -0.489 e. The molecule has 1 heterocycles. The fourth-order valence-electron chi connectivity index (χ4n) is 2.89. The van der Waals surface area contributed by atoms with Crippen molar-refractivity contribution in [2.24, 2.45) is 7.05 Å². The van der Waals surface area contributed by atoms with Crippen molar-refractivity contribution in [1.82, 2.24) is 15.1 Å². The topological polar surface area (TPSA) is 56.1 Å². The Morgan fingerprint density at radius 2 is 1.93 bits per heavy atom. The van der Waals surface area contributed by atoms with Gasteiger partial charge in [-0.05, 0) is 48.7 Å². The van der Waals surface area contributed by atoms with Crippen molar-refractivity contribution in [1.29, 1.82) is 0 Å². The van der Waals surface area contributed by atoms with Gasteiger partial charge in [0.25, 0.3) is 5.91 Å². The van der Waals surface area contributed by atoms with Crippen LogP contribution in [0.5, 0.6) is 5.75 Å². The molecule has 3 aromatic rings. The third-order valence-electron chi connectivity index (χ3n) is 4.48. The van der Waals surface area contributed by atoms with Crippen LogP contribution >= 0.6 is 0 Å². The van der Waals surface area contributed by atoms with E-state index in [0.717, 1.165) is 29.0 Å². The van der Waals surface area contributed by atoms with E-state index in [2.05, 4.69) is 29.5 Å². The number of ether oxygens (including phenoxy) is 1. The maximum Gasteiger partial charge on any atom is 0.251 e. The Bertz CT molecular complexity index is 914. The number of hydrogen-bond donors (Lipinski definition) is 1. The summed E-state index contributed by atoms with van der Waals surface area (Å²) in [6.07, 6.45) is 2.93. The van der Waals surface area contributed by atoms with Gasteiger partial charge in [0, 0.05) is 30.9 Å². The maximum absolute atomic E-state index is 12.5. The lowest BCUT2D eigenvalue weighted by atomic mass is 10.1. The third kappa shape index (κ3) is 4.97. The molecule has 1 N–H and O–H groups in total. The molecule has 0 atom stereocenters. The Morgan fingerprint density at radius 1 is 1.15 bits per heavy atom. The predicted octanol–water partition coefficient (Wildman–Crippen LogP) is 3.80. The highest BCUT2D eigenvalue weighted by Crippen LogP contribution is 2.15. The van der Waals surface area contributed by atoms with Crippen LogP contribution in [-0.4, -0.2) is 15.7 Å². The molecule has 0 saturated heterocycles. The molecule has 0 aliphatic carbocycles. The molecule has 1 amide bonds. The van der Waals surface area contributed by atoms with Crippen molar-refractivity contribution < 1.29 is 9.53 Å². The molecule has 27 heavy (non-hydrogen) atoms. The van der Waals surface area contributed by atoms with E-state index >= 15 is 0 Å². The smallest absolute Gasteiger partial charge is 0.251 e. The second kappa shape index (κ2) is 8.54. The summed E-state index contributed by atoms with van der Waals surface area (Å²) in [5.74, 6) is 0.724. The van der Waals surface area contributed by atoms with Crippen LogP contribution in [0.1, 0.15) is 39.7 Å². The molecule has 0 aliphatic rings. The molecule has 5 heteroatoms. The molecule has 3 rings (SSSR count). The number of rotatable bonds is 7. The van der Waals surface area contributed by atoms with Crippen LogP contribution < -0.4 is 10.1 Å². The molecule has 0 bridgehead atoms. The Kier molecular flexibility index (Phi) is 5.91. The number of carbonyl (C=O) groups excluding carboxylic acids is 1. The average molecular weight is 363 g/mol. The molecule has 0 unspecified atom stereocenters. The molecule has 2 aromatic carbocycles. The zero-order chi connectivity index (χ0) is 19.2. The lowest BCUT2D eigenvalue weighted by molar-refractivity contribution is 0.0950. The molecule has 1 aromatic heterocycles. The minimum absolute atomic E-state index is 0.104. The highest BCUT2D eigenvalue weighted by atomic mass is 16.5. The zero-order valence-electron chi connectivity index (χ0n) is 16.0. The molecule has 0 aliphatic heterocycles. The van der Waals surface area contributed by atoms with Crippen molar-refractivity contribution in [3.63, 3.8) is 0 Å². The van der Waals surface area contributed by atoms with Crippen LogP contribution in [0.25, 0.3) is 0 Å². The Balaban J connectivity index is 1.58. The number of hydrogen-bond acceptors (Lipinski definition) is 3. The van der Waals surface area contributed by atoms with Crippen LogP contribution in [0, 0.1) is 6.92 Å². The van der Waals surface area contributed by atoms with Crippen LogP contribution in [-0.2, 0) is 26.6 Å². The van der Waals surface area contributed by atoms with Gasteiger partial charge in [0.1, 0.15) is 12.4 Å². The van der Waals surface area contributed by atoms with Crippen molar-refractivity contribution in [2.75, 3.05) is 0 Å². The number of carbonyl (C=O) groups is 1. The van der Waals surface area contributed by atoms with E-state index in [9.17, 15) is 4.79 Å². The maximum atomic E-state index is 12.5. The van der Waals surface area contributed by atoms with Crippen LogP contribution in [0.4, 0.5) is 0 Å². The molecule has 0 spiro atoms. The summed E-state index contributed by atoms with van der Waals surface area (Å²) in [4.78, 5) is 12.5. The van der Waals surface area contributed by atoms with Crippen molar-refractivity contribution >= 4 is 5.91 Å². The van der Waals surface area contributed by atoms with Crippen LogP contribution in [0.15, 0.2) is 54.7 Å². The zero-order valence-corrected chi connectivity index (χ0v) is 16.0. The summed E-state index contributed by atoms with van der Waals surface area (Å²) in [6, 6.07) is 15.6. The largest absolute Gasteiger partial charge is 0.489 e. The summed E-state index contributed by atoms with van der Waals surface area (Å²) in [5.41, 5.74) is 4.80. The van der Waals surface area contributed by atoms with Crippen molar-refractivity contribution in [3.05, 3.63) is 82.7 Å². The molecule has 0 radical (unpaired) electrons. The molecular weight excluding hydrogens is 338 g/mol. The molecule has 140 valence electrons. The number of nitrogens with zero attached hydrogens (tertiary/aromatic N) is 2. The van der Waals surface area contributed by atoms with E-state index in [1.54, 1.807) is 4.68 Å². The predicted molar refractivity (Wildman–Crippen MR) is 106 cm³/mol. The van der Waals surface area contributed by atoms with E-state index < -0.39 is 0 Å². The minimum atomic E-state index is -0.104. The first-order valence-electron chi connectivity index (χ1n) is 9.13. The van der Waals surface area contributed by atoms with E-state index in [0.29, 0.717) is 18.7 Å². The van der Waals surface area contributed by atoms with Gasteiger partial charge in [0.15, 0.2) is 0 Å². The molecule has 0 fully saturated rings. The second-order valence-electron chi connectivity index (χ2n) is 6.58. The Labute approximate surface area is 160 Å². The van der Waals surface area contributed by atoms with Gasteiger partial charge < -0.3 is 10.1 Å². The number of aromatic nitrogens is 2. The first-order valence-corrected chi connectivity index (χ1v) is 9.13. The molecular formula is C22H25N3O2. The third-order valence-corrected chi connectivity index (χ3v) is 4.48. The van der Waals surface area contributed by atoms with E-state index in [4.69, 9.17) is 4.74 Å². The van der Waals surface area contributed by atoms with Crippen molar-refractivity contribution in [2.45, 2.75) is 33.4 Å². The normalized spacial score (nSPS) is 10.6. The molecule has 0 saturated carbocycles. The fraction of sp³-hybridized carbons (Fsp3) is 0.273. The monoisotopic (exact) mass is 363 g/mol. The SMILES string of the molecule is CCc1ccc(OCc2cccc(C(=O)NCc3cn(C)nc3C)c2)cc1. The number of amides is 1. The lowest BCUT2D eigenvalue weighted by Gasteiger charge is -2.09. The molecule has 5 nitrogen and oxygen atoms in total. The van der Waals surface area contributed by atoms with Gasteiger partial charge in [-0.3, -0.25) is 9.48 Å². The van der Waals surface area contributed by atoms with Gasteiger partial charge in [0.2, 0.25) is 0 Å². The van der Waals surface area contributed by atoms with Crippen LogP contribution in [0.3, 0.4) is 0 Å². The summed E-state index contributed by atoms with van der Waals surface area (Å²) in [5, 5.41) is 7.24. The number of nitrogens with one attached hydrogen (secondary N) is 1. The standard InChI is InChI=1S/C22H25N3O2/c1-4-17-8-10-21(11-9-17)27-15-18-6-5-7-19(12-18)22(26)23-13-20-14-25(3)24-16(20)2/h5-12,14H,4,13,15H2,1-3H3,(H,23,26). The van der Waals surface area contributed by atoms with Gasteiger partial charge in [-0.1, -0.05) is 31.2 Å². The first-order chi connectivity index (χ1) is 13.0. The van der Waals surface area contributed by atoms with Gasteiger partial charge >= 0.3 is 0 Å². The number of benzene rings is 2. The summed E-state index contributed by atoms with van der Waals surface area (Å²) < 4.78 is 7.58.